The molecule has 0 saturated carbocycles. The molecule has 9 heteroatoms. The number of ether oxygens (including phenoxy) is 1. The van der Waals surface area contributed by atoms with Crippen molar-refractivity contribution in [3.63, 3.8) is 0 Å². The van der Waals surface area contributed by atoms with Crippen molar-refractivity contribution < 1.29 is 13.5 Å². The van der Waals surface area contributed by atoms with Crippen LogP contribution in [-0.4, -0.2) is 20.0 Å². The number of benzene rings is 2. The van der Waals surface area contributed by atoms with E-state index in [9.17, 15) is 4.39 Å². The zero-order chi connectivity index (χ0) is 22.4. The molecule has 0 aliphatic carbocycles. The highest BCUT2D eigenvalue weighted by molar-refractivity contribution is 8.00. The summed E-state index contributed by atoms with van der Waals surface area (Å²) in [5, 5.41) is 4.79. The summed E-state index contributed by atoms with van der Waals surface area (Å²) in [7, 11) is 0. The Morgan fingerprint density at radius 2 is 2.06 bits per heavy atom. The van der Waals surface area contributed by atoms with E-state index in [4.69, 9.17) is 9.15 Å². The van der Waals surface area contributed by atoms with Gasteiger partial charge in [-0.3, -0.25) is 0 Å². The van der Waals surface area contributed by atoms with Gasteiger partial charge < -0.3 is 14.6 Å². The number of rotatable bonds is 6. The van der Waals surface area contributed by atoms with E-state index in [0.717, 1.165) is 27.8 Å². The first kappa shape index (κ1) is 20.3. The second kappa shape index (κ2) is 8.24. The van der Waals surface area contributed by atoms with Crippen LogP contribution in [0.2, 0.25) is 0 Å². The van der Waals surface area contributed by atoms with Gasteiger partial charge in [0.2, 0.25) is 0 Å². The highest BCUT2D eigenvalue weighted by Gasteiger charge is 2.24. The number of aromatic nitrogens is 3. The van der Waals surface area contributed by atoms with Gasteiger partial charge in [0.15, 0.2) is 10.9 Å². The van der Waals surface area contributed by atoms with Crippen LogP contribution >= 0.6 is 23.1 Å². The van der Waals surface area contributed by atoms with E-state index in [1.54, 1.807) is 23.1 Å². The molecule has 2 aromatic carbocycles. The minimum atomic E-state index is -0.419. The first-order valence-electron chi connectivity index (χ1n) is 10.5. The summed E-state index contributed by atoms with van der Waals surface area (Å²) in [5.41, 5.74) is 6.33. The molecule has 0 amide bonds. The Labute approximate surface area is 197 Å². The standard InChI is InChI=1S/C24H19FN4O2S2/c1-2-22-28-29-11-18(27-24(29)33-22)21-10-17-19(8-15(25)9-20(17)31-21)30-12-16-13-32-23(26-16)14-6-4-3-5-7-14/h3-11,13,22,28H,2,12H2,1H3. The summed E-state index contributed by atoms with van der Waals surface area (Å²) >= 11 is 3.24. The number of hydrogen-bond acceptors (Lipinski definition) is 7. The average Bonchev–Trinajstić information content (AvgIpc) is 3.59. The Hall–Kier alpha value is -3.30. The molecule has 1 aliphatic heterocycles. The van der Waals surface area contributed by atoms with E-state index in [2.05, 4.69) is 22.3 Å². The molecule has 4 heterocycles. The Balaban J connectivity index is 1.25. The van der Waals surface area contributed by atoms with Crippen molar-refractivity contribution in [3.05, 3.63) is 71.6 Å². The Morgan fingerprint density at radius 3 is 2.88 bits per heavy atom. The zero-order valence-corrected chi connectivity index (χ0v) is 19.3. The van der Waals surface area contributed by atoms with Crippen molar-refractivity contribution in [1.29, 1.82) is 0 Å². The fourth-order valence-corrected chi connectivity index (χ4v) is 5.47. The smallest absolute Gasteiger partial charge is 0.189 e. The molecule has 1 aliphatic rings. The van der Waals surface area contributed by atoms with Gasteiger partial charge in [-0.15, -0.1) is 11.3 Å². The van der Waals surface area contributed by atoms with Gasteiger partial charge in [-0.1, -0.05) is 49.0 Å². The molecule has 1 atom stereocenters. The van der Waals surface area contributed by atoms with Crippen LogP contribution in [0.25, 0.3) is 33.0 Å². The lowest BCUT2D eigenvalue weighted by atomic mass is 10.2. The monoisotopic (exact) mass is 478 g/mol. The highest BCUT2D eigenvalue weighted by atomic mass is 32.2. The second-order valence-electron chi connectivity index (χ2n) is 7.65. The van der Waals surface area contributed by atoms with E-state index in [0.29, 0.717) is 33.5 Å². The number of thioether (sulfide) groups is 1. The maximum absolute atomic E-state index is 14.3. The lowest BCUT2D eigenvalue weighted by Gasteiger charge is -2.05. The number of fused-ring (bicyclic) bond motifs is 2. The van der Waals surface area contributed by atoms with Gasteiger partial charge in [0.25, 0.3) is 0 Å². The van der Waals surface area contributed by atoms with Crippen LogP contribution in [0.5, 0.6) is 5.75 Å². The highest BCUT2D eigenvalue weighted by Crippen LogP contribution is 2.37. The first-order valence-corrected chi connectivity index (χ1v) is 12.3. The predicted octanol–water partition coefficient (Wildman–Crippen LogP) is 6.52. The summed E-state index contributed by atoms with van der Waals surface area (Å²) in [6.07, 6.45) is 2.90. The summed E-state index contributed by atoms with van der Waals surface area (Å²) in [6.45, 7) is 2.36. The van der Waals surface area contributed by atoms with E-state index in [1.807, 2.05) is 52.7 Å². The number of furan rings is 1. The zero-order valence-electron chi connectivity index (χ0n) is 17.6. The van der Waals surface area contributed by atoms with Crippen molar-refractivity contribution >= 4 is 34.1 Å². The number of imidazole rings is 1. The quantitative estimate of drug-likeness (QED) is 0.300. The average molecular weight is 479 g/mol. The van der Waals surface area contributed by atoms with Crippen LogP contribution in [-0.2, 0) is 6.61 Å². The van der Waals surface area contributed by atoms with Crippen molar-refractivity contribution in [2.75, 3.05) is 5.43 Å². The van der Waals surface area contributed by atoms with Crippen molar-refractivity contribution in [1.82, 2.24) is 14.6 Å². The topological polar surface area (TPSA) is 65.1 Å². The largest absolute Gasteiger partial charge is 0.486 e. The van der Waals surface area contributed by atoms with Gasteiger partial charge in [-0.05, 0) is 12.5 Å². The maximum atomic E-state index is 14.3. The molecule has 1 unspecified atom stereocenters. The predicted molar refractivity (Wildman–Crippen MR) is 129 cm³/mol. The van der Waals surface area contributed by atoms with Crippen LogP contribution in [0.4, 0.5) is 4.39 Å². The fourth-order valence-electron chi connectivity index (χ4n) is 3.70. The molecule has 0 spiro atoms. The summed E-state index contributed by atoms with van der Waals surface area (Å²) < 4.78 is 28.1. The fraction of sp³-hybridized carbons (Fsp3) is 0.167. The number of nitrogens with zero attached hydrogens (tertiary/aromatic N) is 3. The minimum Gasteiger partial charge on any atom is -0.486 e. The number of halogens is 1. The Kier molecular flexibility index (Phi) is 5.07. The van der Waals surface area contributed by atoms with Crippen molar-refractivity contribution in [2.45, 2.75) is 30.5 Å². The lowest BCUT2D eigenvalue weighted by Crippen LogP contribution is -2.16. The van der Waals surface area contributed by atoms with Gasteiger partial charge in [0, 0.05) is 23.1 Å². The molecular weight excluding hydrogens is 459 g/mol. The molecule has 0 fully saturated rings. The molecule has 6 rings (SSSR count). The molecular formula is C24H19FN4O2S2. The van der Waals surface area contributed by atoms with Crippen LogP contribution in [0.3, 0.4) is 0 Å². The summed E-state index contributed by atoms with van der Waals surface area (Å²) in [6, 6.07) is 14.6. The van der Waals surface area contributed by atoms with Crippen LogP contribution in [0.15, 0.2) is 69.7 Å². The van der Waals surface area contributed by atoms with E-state index < -0.39 is 5.82 Å². The van der Waals surface area contributed by atoms with Crippen LogP contribution < -0.4 is 10.2 Å². The molecule has 33 heavy (non-hydrogen) atoms. The van der Waals surface area contributed by atoms with Gasteiger partial charge in [0.1, 0.15) is 34.5 Å². The van der Waals surface area contributed by atoms with Gasteiger partial charge in [0.05, 0.1) is 22.7 Å². The third-order valence-corrected chi connectivity index (χ3v) is 7.50. The van der Waals surface area contributed by atoms with Crippen molar-refractivity contribution in [3.8, 4) is 27.8 Å². The molecule has 6 nitrogen and oxygen atoms in total. The molecule has 5 aromatic rings. The van der Waals surface area contributed by atoms with E-state index in [-0.39, 0.29) is 6.61 Å². The SMILES string of the molecule is CCC1Nn2cc(-c3cc4c(OCc5csc(-c6ccccc6)n5)cc(F)cc4o3)nc2S1. The van der Waals surface area contributed by atoms with E-state index >= 15 is 0 Å². The summed E-state index contributed by atoms with van der Waals surface area (Å²) in [5.74, 6) is 0.564. The minimum absolute atomic E-state index is 0.236. The normalized spacial score (nSPS) is 15.0. The third kappa shape index (κ3) is 3.87. The van der Waals surface area contributed by atoms with Gasteiger partial charge in [-0.25, -0.2) is 19.0 Å². The third-order valence-electron chi connectivity index (χ3n) is 5.34. The lowest BCUT2D eigenvalue weighted by molar-refractivity contribution is 0.304. The Bertz CT molecular complexity index is 1420. The number of hydrogen-bond donors (Lipinski definition) is 1. The molecule has 0 radical (unpaired) electrons. The van der Waals surface area contributed by atoms with E-state index in [1.165, 1.54) is 12.1 Å². The molecule has 3 aromatic heterocycles. The number of thiazole rings is 1. The van der Waals surface area contributed by atoms with Gasteiger partial charge >= 0.3 is 0 Å². The maximum Gasteiger partial charge on any atom is 0.189 e. The molecule has 166 valence electrons. The Morgan fingerprint density at radius 1 is 1.18 bits per heavy atom. The van der Waals surface area contributed by atoms with Crippen molar-refractivity contribution in [2.24, 2.45) is 0 Å². The van der Waals surface area contributed by atoms with Gasteiger partial charge in [-0.2, -0.15) is 0 Å². The second-order valence-corrected chi connectivity index (χ2v) is 9.68. The summed E-state index contributed by atoms with van der Waals surface area (Å²) in [4.78, 5) is 9.30. The molecule has 0 saturated heterocycles. The number of nitrogens with one attached hydrogen (secondary N) is 1. The molecule has 1 N–H and O–H groups in total. The van der Waals surface area contributed by atoms with Crippen LogP contribution in [0.1, 0.15) is 19.0 Å². The van der Waals surface area contributed by atoms with Crippen LogP contribution in [0, 0.1) is 5.82 Å². The molecule has 0 bridgehead atoms. The first-order chi connectivity index (χ1) is 16.2.